The Hall–Kier alpha value is -2.91. The van der Waals surface area contributed by atoms with Gasteiger partial charge in [0.15, 0.2) is 0 Å². The average molecular weight is 460 g/mol. The molecule has 0 atom stereocenters. The molecule has 2 N–H and O–H groups in total. The summed E-state index contributed by atoms with van der Waals surface area (Å²) in [4.78, 5) is 17.0. The maximum Gasteiger partial charge on any atom is 0.275 e. The third kappa shape index (κ3) is 6.05. The van der Waals surface area contributed by atoms with Gasteiger partial charge in [-0.25, -0.2) is 13.4 Å². The smallest absolute Gasteiger partial charge is 0.275 e. The van der Waals surface area contributed by atoms with Gasteiger partial charge in [-0.05, 0) is 75.7 Å². The molecule has 0 aliphatic rings. The number of rotatable bonds is 8. The van der Waals surface area contributed by atoms with Crippen molar-refractivity contribution in [3.63, 3.8) is 0 Å². The number of aromatic nitrogens is 1. The molecule has 0 fully saturated rings. The number of carbonyl (C=O) groups excluding carboxylic acids is 1. The van der Waals surface area contributed by atoms with Crippen molar-refractivity contribution in [2.24, 2.45) is 0 Å². The van der Waals surface area contributed by atoms with Crippen molar-refractivity contribution in [3.05, 3.63) is 59.1 Å². The highest BCUT2D eigenvalue weighted by molar-refractivity contribution is 7.92. The Balaban J connectivity index is 1.69. The van der Waals surface area contributed by atoms with Crippen molar-refractivity contribution in [2.75, 3.05) is 15.8 Å². The fourth-order valence-electron chi connectivity index (χ4n) is 2.75. The predicted octanol–water partition coefficient (Wildman–Crippen LogP) is 4.92. The van der Waals surface area contributed by atoms with E-state index in [1.165, 1.54) is 11.3 Å². The van der Waals surface area contributed by atoms with Gasteiger partial charge >= 0.3 is 0 Å². The normalized spacial score (nSPS) is 11.4. The Labute approximate surface area is 186 Å². The molecule has 0 aliphatic heterocycles. The molecule has 7 nitrogen and oxygen atoms in total. The van der Waals surface area contributed by atoms with Crippen LogP contribution in [-0.4, -0.2) is 31.2 Å². The van der Waals surface area contributed by atoms with E-state index in [9.17, 15) is 13.2 Å². The summed E-state index contributed by atoms with van der Waals surface area (Å²) in [5, 5.41) is 5.25. The lowest BCUT2D eigenvalue weighted by atomic mass is 10.2. The Kier molecular flexibility index (Phi) is 6.97. The van der Waals surface area contributed by atoms with Gasteiger partial charge in [0.05, 0.1) is 17.5 Å². The summed E-state index contributed by atoms with van der Waals surface area (Å²) in [5.74, 6) is 0.446. The molecule has 0 spiro atoms. The van der Waals surface area contributed by atoms with Crippen molar-refractivity contribution in [1.29, 1.82) is 0 Å². The molecule has 2 aromatic carbocycles. The van der Waals surface area contributed by atoms with E-state index in [1.807, 2.05) is 38.1 Å². The lowest BCUT2D eigenvalue weighted by molar-refractivity contribution is 0.102. The first-order valence-corrected chi connectivity index (χ1v) is 12.3. The molecule has 0 saturated heterocycles. The Bertz CT molecular complexity index is 1170. The number of benzene rings is 2. The van der Waals surface area contributed by atoms with Crippen LogP contribution in [0.25, 0.3) is 10.6 Å². The Morgan fingerprint density at radius 1 is 1.16 bits per heavy atom. The standard InChI is InChI=1S/C22H25N3O4S2/c1-5-31(27,28)25-19-11-8-17(12-15(19)4)23-21(26)20-13-30-22(24-20)16-6-9-18(10-7-16)29-14(2)3/h6-14,25H,5H2,1-4H3,(H,23,26). The molecule has 0 radical (unpaired) electrons. The van der Waals surface area contributed by atoms with Crippen LogP contribution in [-0.2, 0) is 10.0 Å². The van der Waals surface area contributed by atoms with E-state index in [-0.39, 0.29) is 17.8 Å². The minimum absolute atomic E-state index is 0.00936. The molecular weight excluding hydrogens is 434 g/mol. The topological polar surface area (TPSA) is 97.4 Å². The van der Waals surface area contributed by atoms with Crippen LogP contribution in [0, 0.1) is 6.92 Å². The number of hydrogen-bond acceptors (Lipinski definition) is 6. The lowest BCUT2D eigenvalue weighted by Crippen LogP contribution is -2.16. The van der Waals surface area contributed by atoms with Gasteiger partial charge in [-0.1, -0.05) is 0 Å². The highest BCUT2D eigenvalue weighted by atomic mass is 32.2. The third-order valence-electron chi connectivity index (χ3n) is 4.34. The van der Waals surface area contributed by atoms with Gasteiger partial charge in [-0.3, -0.25) is 9.52 Å². The van der Waals surface area contributed by atoms with Crippen LogP contribution in [0.3, 0.4) is 0 Å². The molecule has 3 aromatic rings. The van der Waals surface area contributed by atoms with Crippen LogP contribution in [0.5, 0.6) is 5.75 Å². The van der Waals surface area contributed by atoms with E-state index < -0.39 is 10.0 Å². The summed E-state index contributed by atoms with van der Waals surface area (Å²) in [7, 11) is -3.36. The molecule has 0 bridgehead atoms. The van der Waals surface area contributed by atoms with Crippen LogP contribution in [0.4, 0.5) is 11.4 Å². The number of hydrogen-bond donors (Lipinski definition) is 2. The minimum atomic E-state index is -3.36. The van der Waals surface area contributed by atoms with Gasteiger partial charge in [0.25, 0.3) is 5.91 Å². The largest absolute Gasteiger partial charge is 0.491 e. The number of carbonyl (C=O) groups is 1. The number of anilines is 2. The molecule has 0 aliphatic carbocycles. The molecular formula is C22H25N3O4S2. The minimum Gasteiger partial charge on any atom is -0.491 e. The molecule has 31 heavy (non-hydrogen) atoms. The summed E-state index contributed by atoms with van der Waals surface area (Å²) in [6.07, 6.45) is 0.102. The fourth-order valence-corrected chi connectivity index (χ4v) is 4.26. The van der Waals surface area contributed by atoms with Crippen LogP contribution in [0.15, 0.2) is 47.8 Å². The van der Waals surface area contributed by atoms with Crippen molar-refractivity contribution in [2.45, 2.75) is 33.8 Å². The molecule has 9 heteroatoms. The summed E-state index contributed by atoms with van der Waals surface area (Å²) in [6.45, 7) is 7.29. The molecule has 164 valence electrons. The number of aryl methyl sites for hydroxylation is 1. The van der Waals surface area contributed by atoms with Crippen molar-refractivity contribution in [3.8, 4) is 16.3 Å². The number of ether oxygens (including phenoxy) is 1. The van der Waals surface area contributed by atoms with E-state index in [1.54, 1.807) is 37.4 Å². The van der Waals surface area contributed by atoms with Crippen molar-refractivity contribution in [1.82, 2.24) is 4.98 Å². The third-order valence-corrected chi connectivity index (χ3v) is 6.52. The second-order valence-electron chi connectivity index (χ2n) is 7.22. The Morgan fingerprint density at radius 3 is 2.48 bits per heavy atom. The summed E-state index contributed by atoms with van der Waals surface area (Å²) < 4.78 is 31.7. The molecule has 3 rings (SSSR count). The predicted molar refractivity (Wildman–Crippen MR) is 126 cm³/mol. The number of amides is 1. The van der Waals surface area contributed by atoms with Crippen LogP contribution < -0.4 is 14.8 Å². The molecule has 1 amide bonds. The Morgan fingerprint density at radius 2 is 1.87 bits per heavy atom. The van der Waals surface area contributed by atoms with Gasteiger partial charge in [-0.2, -0.15) is 0 Å². The SMILES string of the molecule is CCS(=O)(=O)Nc1ccc(NC(=O)c2csc(-c3ccc(OC(C)C)cc3)n2)cc1C. The number of nitrogens with one attached hydrogen (secondary N) is 2. The summed E-state index contributed by atoms with van der Waals surface area (Å²) >= 11 is 1.39. The monoisotopic (exact) mass is 459 g/mol. The van der Waals surface area contributed by atoms with E-state index in [0.717, 1.165) is 16.3 Å². The number of sulfonamides is 1. The van der Waals surface area contributed by atoms with E-state index in [2.05, 4.69) is 15.0 Å². The quantitative estimate of drug-likeness (QED) is 0.498. The zero-order valence-corrected chi connectivity index (χ0v) is 19.4. The molecule has 0 unspecified atom stereocenters. The van der Waals surface area contributed by atoms with Gasteiger partial charge in [0.1, 0.15) is 16.5 Å². The number of nitrogens with zero attached hydrogens (tertiary/aromatic N) is 1. The maximum atomic E-state index is 12.6. The zero-order valence-electron chi connectivity index (χ0n) is 17.8. The number of thiazole rings is 1. The first-order chi connectivity index (χ1) is 14.7. The van der Waals surface area contributed by atoms with E-state index in [0.29, 0.717) is 22.6 Å². The van der Waals surface area contributed by atoms with E-state index in [4.69, 9.17) is 4.74 Å². The first kappa shape index (κ1) is 22.8. The maximum absolute atomic E-state index is 12.6. The summed E-state index contributed by atoms with van der Waals surface area (Å²) in [5.41, 5.74) is 2.98. The molecule has 0 saturated carbocycles. The van der Waals surface area contributed by atoms with Crippen molar-refractivity contribution >= 4 is 38.6 Å². The van der Waals surface area contributed by atoms with Crippen LogP contribution in [0.1, 0.15) is 36.8 Å². The zero-order chi connectivity index (χ0) is 22.6. The fraction of sp³-hybridized carbons (Fsp3) is 0.273. The van der Waals surface area contributed by atoms with Gasteiger partial charge in [-0.15, -0.1) is 11.3 Å². The first-order valence-electron chi connectivity index (χ1n) is 9.82. The second kappa shape index (κ2) is 9.49. The highest BCUT2D eigenvalue weighted by Crippen LogP contribution is 2.27. The van der Waals surface area contributed by atoms with E-state index >= 15 is 0 Å². The van der Waals surface area contributed by atoms with Gasteiger partial charge < -0.3 is 10.1 Å². The van der Waals surface area contributed by atoms with Crippen LogP contribution in [0.2, 0.25) is 0 Å². The lowest BCUT2D eigenvalue weighted by Gasteiger charge is -2.11. The molecule has 1 heterocycles. The van der Waals surface area contributed by atoms with Crippen LogP contribution >= 0.6 is 11.3 Å². The molecule has 1 aromatic heterocycles. The van der Waals surface area contributed by atoms with Gasteiger partial charge in [0, 0.05) is 16.6 Å². The second-order valence-corrected chi connectivity index (χ2v) is 10.1. The van der Waals surface area contributed by atoms with Crippen molar-refractivity contribution < 1.29 is 17.9 Å². The summed E-state index contributed by atoms with van der Waals surface area (Å²) in [6, 6.07) is 12.6. The highest BCUT2D eigenvalue weighted by Gasteiger charge is 2.14. The van der Waals surface area contributed by atoms with Gasteiger partial charge in [0.2, 0.25) is 10.0 Å². The average Bonchev–Trinajstić information content (AvgIpc) is 3.20.